The van der Waals surface area contributed by atoms with Gasteiger partial charge in [0, 0.05) is 32.4 Å². The number of aryl methyl sites for hydroxylation is 1. The number of hydroxylamine groups is 1. The summed E-state index contributed by atoms with van der Waals surface area (Å²) >= 11 is 0. The highest BCUT2D eigenvalue weighted by molar-refractivity contribution is 4.91. The molecule has 0 fully saturated rings. The van der Waals surface area contributed by atoms with Crippen molar-refractivity contribution in [3.05, 3.63) is 18.2 Å². The summed E-state index contributed by atoms with van der Waals surface area (Å²) in [5.74, 6) is 1.07. The largest absolute Gasteiger partial charge is 0.338 e. The van der Waals surface area contributed by atoms with Crippen LogP contribution in [0.1, 0.15) is 12.7 Å². The van der Waals surface area contributed by atoms with E-state index >= 15 is 0 Å². The van der Waals surface area contributed by atoms with Crippen LogP contribution in [0.2, 0.25) is 0 Å². The summed E-state index contributed by atoms with van der Waals surface area (Å²) in [6.45, 7) is 3.45. The maximum absolute atomic E-state index is 4.98. The smallest absolute Gasteiger partial charge is 0.109 e. The summed E-state index contributed by atoms with van der Waals surface area (Å²) in [5, 5.41) is 0. The van der Waals surface area contributed by atoms with Gasteiger partial charge < -0.3 is 9.40 Å². The molecule has 0 saturated carbocycles. The van der Waals surface area contributed by atoms with E-state index in [0.717, 1.165) is 18.8 Å². The van der Waals surface area contributed by atoms with Gasteiger partial charge in [0.1, 0.15) is 5.82 Å². The van der Waals surface area contributed by atoms with Crippen molar-refractivity contribution in [1.82, 2.24) is 15.0 Å². The van der Waals surface area contributed by atoms with Crippen LogP contribution in [0.4, 0.5) is 0 Å². The molecule has 1 aromatic heterocycles. The molecule has 0 amide bonds. The van der Waals surface area contributed by atoms with Gasteiger partial charge >= 0.3 is 0 Å². The fourth-order valence-corrected chi connectivity index (χ4v) is 0.974. The molecule has 0 aliphatic rings. The first-order valence-electron chi connectivity index (χ1n) is 4.15. The van der Waals surface area contributed by atoms with E-state index in [4.69, 9.17) is 4.84 Å². The summed E-state index contributed by atoms with van der Waals surface area (Å²) in [5.41, 5.74) is 2.85. The molecular weight excluding hydrogens is 154 g/mol. The van der Waals surface area contributed by atoms with E-state index < -0.39 is 0 Å². The molecule has 0 unspecified atom stereocenters. The standard InChI is InChI=1S/C8H15N3O/c1-3-12-10-5-4-8-9-6-7-11(8)2/h6-7,10H,3-5H2,1-2H3. The van der Waals surface area contributed by atoms with Gasteiger partial charge in [0.25, 0.3) is 0 Å². The lowest BCUT2D eigenvalue weighted by Gasteiger charge is -2.03. The fourth-order valence-electron chi connectivity index (χ4n) is 0.974. The van der Waals surface area contributed by atoms with Gasteiger partial charge in [-0.3, -0.25) is 0 Å². The first-order valence-corrected chi connectivity index (χ1v) is 4.15. The lowest BCUT2D eigenvalue weighted by molar-refractivity contribution is 0.0515. The monoisotopic (exact) mass is 169 g/mol. The van der Waals surface area contributed by atoms with Crippen LogP contribution in [0.5, 0.6) is 0 Å². The normalized spacial score (nSPS) is 10.5. The second-order valence-corrected chi connectivity index (χ2v) is 2.53. The molecule has 4 heteroatoms. The summed E-state index contributed by atoms with van der Waals surface area (Å²) in [4.78, 5) is 9.17. The Hall–Kier alpha value is -0.870. The minimum atomic E-state index is 0.695. The molecule has 0 aliphatic heterocycles. The molecule has 0 atom stereocenters. The first-order chi connectivity index (χ1) is 5.84. The van der Waals surface area contributed by atoms with Crippen LogP contribution >= 0.6 is 0 Å². The molecule has 0 spiro atoms. The van der Waals surface area contributed by atoms with Crippen molar-refractivity contribution in [2.45, 2.75) is 13.3 Å². The second-order valence-electron chi connectivity index (χ2n) is 2.53. The van der Waals surface area contributed by atoms with Gasteiger partial charge in [-0.1, -0.05) is 0 Å². The summed E-state index contributed by atoms with van der Waals surface area (Å²) in [7, 11) is 1.99. The Bertz CT molecular complexity index is 222. The molecule has 12 heavy (non-hydrogen) atoms. The minimum absolute atomic E-state index is 0.695. The van der Waals surface area contributed by atoms with Crippen molar-refractivity contribution >= 4 is 0 Å². The topological polar surface area (TPSA) is 39.1 Å². The SMILES string of the molecule is CCONCCc1nccn1C. The first kappa shape index (κ1) is 9.22. The number of nitrogens with zero attached hydrogens (tertiary/aromatic N) is 2. The third-order valence-electron chi connectivity index (χ3n) is 1.62. The molecule has 0 radical (unpaired) electrons. The molecule has 0 saturated heterocycles. The van der Waals surface area contributed by atoms with Gasteiger partial charge in [-0.15, -0.1) is 0 Å². The van der Waals surface area contributed by atoms with Crippen molar-refractivity contribution in [3.63, 3.8) is 0 Å². The fraction of sp³-hybridized carbons (Fsp3) is 0.625. The van der Waals surface area contributed by atoms with Gasteiger partial charge in [0.2, 0.25) is 0 Å². The van der Waals surface area contributed by atoms with E-state index in [1.807, 2.05) is 24.7 Å². The van der Waals surface area contributed by atoms with Gasteiger partial charge in [0.05, 0.1) is 6.61 Å². The van der Waals surface area contributed by atoms with Crippen molar-refractivity contribution in [3.8, 4) is 0 Å². The van der Waals surface area contributed by atoms with Crippen molar-refractivity contribution in [2.75, 3.05) is 13.2 Å². The molecule has 1 rings (SSSR count). The Balaban J connectivity index is 2.20. The van der Waals surface area contributed by atoms with Crippen LogP contribution in [0.3, 0.4) is 0 Å². The molecular formula is C8H15N3O. The van der Waals surface area contributed by atoms with E-state index in [0.29, 0.717) is 6.61 Å². The molecule has 1 N–H and O–H groups in total. The zero-order chi connectivity index (χ0) is 8.81. The van der Waals surface area contributed by atoms with Gasteiger partial charge in [0.15, 0.2) is 0 Å². The highest BCUT2D eigenvalue weighted by Crippen LogP contribution is 1.93. The molecule has 4 nitrogen and oxygen atoms in total. The summed E-state index contributed by atoms with van der Waals surface area (Å²) < 4.78 is 2.01. The lowest BCUT2D eigenvalue weighted by atomic mass is 10.4. The maximum atomic E-state index is 4.98. The van der Waals surface area contributed by atoms with Crippen LogP contribution in [-0.2, 0) is 18.3 Å². The predicted octanol–water partition coefficient (Wildman–Crippen LogP) is 0.504. The summed E-state index contributed by atoms with van der Waals surface area (Å²) in [6.07, 6.45) is 4.63. The molecule has 0 aliphatic carbocycles. The highest BCUT2D eigenvalue weighted by Gasteiger charge is 1.96. The van der Waals surface area contributed by atoms with E-state index in [9.17, 15) is 0 Å². The number of aromatic nitrogens is 2. The molecule has 1 heterocycles. The Kier molecular flexibility index (Phi) is 3.76. The Labute approximate surface area is 72.5 Å². The number of hydrogen-bond donors (Lipinski definition) is 1. The van der Waals surface area contributed by atoms with Crippen molar-refractivity contribution < 1.29 is 4.84 Å². The average molecular weight is 169 g/mol. The molecule has 0 aromatic carbocycles. The van der Waals surface area contributed by atoms with E-state index in [1.165, 1.54) is 0 Å². The van der Waals surface area contributed by atoms with E-state index in [1.54, 1.807) is 6.20 Å². The Morgan fingerprint density at radius 1 is 1.67 bits per heavy atom. The number of hydrogen-bond acceptors (Lipinski definition) is 3. The molecule has 68 valence electrons. The number of rotatable bonds is 5. The van der Waals surface area contributed by atoms with Crippen LogP contribution in [-0.4, -0.2) is 22.7 Å². The van der Waals surface area contributed by atoms with Crippen LogP contribution in [0, 0.1) is 0 Å². The number of nitrogens with one attached hydrogen (secondary N) is 1. The minimum Gasteiger partial charge on any atom is -0.338 e. The van der Waals surface area contributed by atoms with Crippen LogP contribution in [0.25, 0.3) is 0 Å². The van der Waals surface area contributed by atoms with Crippen LogP contribution in [0.15, 0.2) is 12.4 Å². The molecule has 1 aromatic rings. The van der Waals surface area contributed by atoms with Crippen molar-refractivity contribution in [2.24, 2.45) is 7.05 Å². The third-order valence-corrected chi connectivity index (χ3v) is 1.62. The maximum Gasteiger partial charge on any atom is 0.109 e. The van der Waals surface area contributed by atoms with Crippen LogP contribution < -0.4 is 5.48 Å². The second kappa shape index (κ2) is 4.90. The number of imidazole rings is 1. The zero-order valence-electron chi connectivity index (χ0n) is 7.58. The quantitative estimate of drug-likeness (QED) is 0.515. The Morgan fingerprint density at radius 3 is 3.08 bits per heavy atom. The predicted molar refractivity (Wildman–Crippen MR) is 46.5 cm³/mol. The highest BCUT2D eigenvalue weighted by atomic mass is 16.6. The average Bonchev–Trinajstić information content (AvgIpc) is 2.46. The Morgan fingerprint density at radius 2 is 2.50 bits per heavy atom. The van der Waals surface area contributed by atoms with Crippen molar-refractivity contribution in [1.29, 1.82) is 0 Å². The van der Waals surface area contributed by atoms with E-state index in [2.05, 4.69) is 10.5 Å². The lowest BCUT2D eigenvalue weighted by Crippen LogP contribution is -2.18. The summed E-state index contributed by atoms with van der Waals surface area (Å²) in [6, 6.07) is 0. The van der Waals surface area contributed by atoms with Gasteiger partial charge in [-0.25, -0.2) is 10.5 Å². The zero-order valence-corrected chi connectivity index (χ0v) is 7.58. The van der Waals surface area contributed by atoms with E-state index in [-0.39, 0.29) is 0 Å². The third kappa shape index (κ3) is 2.64. The van der Waals surface area contributed by atoms with Gasteiger partial charge in [-0.05, 0) is 6.92 Å². The molecule has 0 bridgehead atoms. The van der Waals surface area contributed by atoms with Gasteiger partial charge in [-0.2, -0.15) is 0 Å².